The van der Waals surface area contributed by atoms with Gasteiger partial charge in [-0.25, -0.2) is 13.8 Å². The van der Waals surface area contributed by atoms with Gasteiger partial charge in [0.05, 0.1) is 11.1 Å². The first kappa shape index (κ1) is 12.9. The first-order valence-electron chi connectivity index (χ1n) is 5.93. The van der Waals surface area contributed by atoms with Gasteiger partial charge in [0, 0.05) is 30.3 Å². The van der Waals surface area contributed by atoms with Crippen LogP contribution in [0, 0.1) is 12.8 Å². The maximum atomic E-state index is 13.0. The van der Waals surface area contributed by atoms with Gasteiger partial charge in [0.2, 0.25) is 5.92 Å². The fourth-order valence-corrected chi connectivity index (χ4v) is 3.11. The van der Waals surface area contributed by atoms with Crippen LogP contribution < -0.4 is 0 Å². The summed E-state index contributed by atoms with van der Waals surface area (Å²) in [6.45, 7) is 1.91. The minimum absolute atomic E-state index is 0.00108. The summed E-state index contributed by atoms with van der Waals surface area (Å²) in [4.78, 5) is 4.28. The van der Waals surface area contributed by atoms with Crippen molar-refractivity contribution in [3.8, 4) is 0 Å². The van der Waals surface area contributed by atoms with Crippen molar-refractivity contribution in [2.24, 2.45) is 5.92 Å². The van der Waals surface area contributed by atoms with Crippen LogP contribution in [-0.2, 0) is 6.42 Å². The molecule has 0 aromatic carbocycles. The van der Waals surface area contributed by atoms with Crippen molar-refractivity contribution in [1.29, 1.82) is 0 Å². The third-order valence-electron chi connectivity index (χ3n) is 3.36. The second kappa shape index (κ2) is 4.98. The second-order valence-electron chi connectivity index (χ2n) is 4.85. The summed E-state index contributed by atoms with van der Waals surface area (Å²) in [5, 5.41) is 12.9. The van der Waals surface area contributed by atoms with E-state index in [1.54, 1.807) is 0 Å². The molecule has 1 aromatic heterocycles. The normalized spacial score (nSPS) is 22.6. The molecule has 0 aliphatic heterocycles. The Kier molecular flexibility index (Phi) is 3.78. The van der Waals surface area contributed by atoms with E-state index >= 15 is 0 Å². The third-order valence-corrected chi connectivity index (χ3v) is 4.35. The lowest BCUT2D eigenvalue weighted by Gasteiger charge is -2.30. The van der Waals surface area contributed by atoms with Crippen molar-refractivity contribution in [2.45, 2.75) is 51.1 Å². The van der Waals surface area contributed by atoms with Crippen molar-refractivity contribution in [1.82, 2.24) is 4.98 Å². The van der Waals surface area contributed by atoms with E-state index in [9.17, 15) is 13.9 Å². The summed E-state index contributed by atoms with van der Waals surface area (Å²) in [6, 6.07) is 0. The van der Waals surface area contributed by atoms with E-state index in [1.165, 1.54) is 11.3 Å². The van der Waals surface area contributed by atoms with Gasteiger partial charge in [0.1, 0.15) is 0 Å². The predicted molar refractivity (Wildman–Crippen MR) is 63.5 cm³/mol. The largest absolute Gasteiger partial charge is 0.392 e. The predicted octanol–water partition coefficient (Wildman–Crippen LogP) is 3.18. The average Bonchev–Trinajstić information content (AvgIpc) is 2.63. The zero-order valence-electron chi connectivity index (χ0n) is 9.83. The highest BCUT2D eigenvalue weighted by Gasteiger charge is 2.37. The molecule has 5 heteroatoms. The Morgan fingerprint density at radius 1 is 1.53 bits per heavy atom. The van der Waals surface area contributed by atoms with Crippen LogP contribution >= 0.6 is 11.3 Å². The smallest absolute Gasteiger partial charge is 0.248 e. The fourth-order valence-electron chi connectivity index (χ4n) is 2.29. The number of hydrogen-bond donors (Lipinski definition) is 1. The zero-order chi connectivity index (χ0) is 12.5. The summed E-state index contributed by atoms with van der Waals surface area (Å²) < 4.78 is 26.0. The van der Waals surface area contributed by atoms with E-state index < -0.39 is 12.0 Å². The summed E-state index contributed by atoms with van der Waals surface area (Å²) in [5.41, 5.74) is 0.951. The van der Waals surface area contributed by atoms with Crippen LogP contribution in [0.25, 0.3) is 0 Å². The molecule has 0 bridgehead atoms. The van der Waals surface area contributed by atoms with Crippen LogP contribution in [0.3, 0.4) is 0 Å². The van der Waals surface area contributed by atoms with Gasteiger partial charge >= 0.3 is 0 Å². The van der Waals surface area contributed by atoms with Gasteiger partial charge in [-0.05, 0) is 25.7 Å². The molecule has 1 aromatic rings. The monoisotopic (exact) mass is 261 g/mol. The van der Waals surface area contributed by atoms with Crippen LogP contribution in [0.4, 0.5) is 8.78 Å². The number of halogens is 2. The van der Waals surface area contributed by atoms with Gasteiger partial charge in [-0.15, -0.1) is 11.3 Å². The molecule has 2 rings (SSSR count). The van der Waals surface area contributed by atoms with Crippen molar-refractivity contribution >= 4 is 11.3 Å². The SMILES string of the molecule is Cc1csc(CC(O)C2CCC(F)(F)CC2)n1. The molecule has 1 atom stereocenters. The Morgan fingerprint density at radius 3 is 2.71 bits per heavy atom. The van der Waals surface area contributed by atoms with E-state index in [2.05, 4.69) is 4.98 Å². The standard InChI is InChI=1S/C12H17F2NOS/c1-8-7-17-11(15-8)6-10(16)9-2-4-12(13,14)5-3-9/h7,9-10,16H,2-6H2,1H3. The van der Waals surface area contributed by atoms with E-state index in [1.807, 2.05) is 12.3 Å². The molecular formula is C12H17F2NOS. The summed E-state index contributed by atoms with van der Waals surface area (Å²) in [7, 11) is 0. The van der Waals surface area contributed by atoms with Crippen LogP contribution in [0.2, 0.25) is 0 Å². The van der Waals surface area contributed by atoms with Crippen LogP contribution in [0.5, 0.6) is 0 Å². The number of alkyl halides is 2. The number of nitrogens with zero attached hydrogens (tertiary/aromatic N) is 1. The van der Waals surface area contributed by atoms with E-state index in [-0.39, 0.29) is 18.8 Å². The molecular weight excluding hydrogens is 244 g/mol. The molecule has 1 fully saturated rings. The highest BCUT2D eigenvalue weighted by atomic mass is 32.1. The Labute approximate surface area is 104 Å². The summed E-state index contributed by atoms with van der Waals surface area (Å²) in [6.07, 6.45) is 0.611. The van der Waals surface area contributed by atoms with E-state index in [0.717, 1.165) is 10.7 Å². The van der Waals surface area contributed by atoms with E-state index in [0.29, 0.717) is 19.3 Å². The summed E-state index contributed by atoms with van der Waals surface area (Å²) >= 11 is 1.52. The van der Waals surface area contributed by atoms with Crippen molar-refractivity contribution in [3.05, 3.63) is 16.1 Å². The number of aryl methyl sites for hydroxylation is 1. The maximum Gasteiger partial charge on any atom is 0.248 e. The van der Waals surface area contributed by atoms with Gasteiger partial charge in [-0.2, -0.15) is 0 Å². The number of thiazole rings is 1. The molecule has 17 heavy (non-hydrogen) atoms. The topological polar surface area (TPSA) is 33.1 Å². The molecule has 0 spiro atoms. The Balaban J connectivity index is 1.87. The lowest BCUT2D eigenvalue weighted by atomic mass is 9.82. The van der Waals surface area contributed by atoms with Crippen molar-refractivity contribution in [2.75, 3.05) is 0 Å². The number of rotatable bonds is 3. The fraction of sp³-hybridized carbons (Fsp3) is 0.750. The molecule has 0 saturated heterocycles. The van der Waals surface area contributed by atoms with E-state index in [4.69, 9.17) is 0 Å². The Morgan fingerprint density at radius 2 is 2.18 bits per heavy atom. The summed E-state index contributed by atoms with van der Waals surface area (Å²) in [5.74, 6) is -2.52. The highest BCUT2D eigenvalue weighted by Crippen LogP contribution is 2.38. The lowest BCUT2D eigenvalue weighted by molar-refractivity contribution is -0.0619. The van der Waals surface area contributed by atoms with Crippen molar-refractivity contribution in [3.63, 3.8) is 0 Å². The first-order chi connectivity index (χ1) is 7.96. The molecule has 1 aliphatic carbocycles. The molecule has 2 nitrogen and oxygen atoms in total. The minimum atomic E-state index is -2.52. The second-order valence-corrected chi connectivity index (χ2v) is 5.79. The van der Waals surface area contributed by atoms with Gasteiger partial charge in [-0.1, -0.05) is 0 Å². The Hall–Kier alpha value is -0.550. The van der Waals surface area contributed by atoms with Gasteiger partial charge in [-0.3, -0.25) is 0 Å². The van der Waals surface area contributed by atoms with Gasteiger partial charge in [0.25, 0.3) is 0 Å². The molecule has 0 amide bonds. The maximum absolute atomic E-state index is 13.0. The first-order valence-corrected chi connectivity index (χ1v) is 6.81. The highest BCUT2D eigenvalue weighted by molar-refractivity contribution is 7.09. The number of aromatic nitrogens is 1. The lowest BCUT2D eigenvalue weighted by Crippen LogP contribution is -2.32. The average molecular weight is 261 g/mol. The Bertz CT molecular complexity index is 370. The zero-order valence-corrected chi connectivity index (χ0v) is 10.6. The number of hydrogen-bond acceptors (Lipinski definition) is 3. The molecule has 0 radical (unpaired) electrons. The molecule has 1 saturated carbocycles. The third kappa shape index (κ3) is 3.45. The molecule has 1 N–H and O–H groups in total. The van der Waals surface area contributed by atoms with Crippen LogP contribution in [0.15, 0.2) is 5.38 Å². The van der Waals surface area contributed by atoms with Crippen molar-refractivity contribution < 1.29 is 13.9 Å². The molecule has 1 unspecified atom stereocenters. The quantitative estimate of drug-likeness (QED) is 0.906. The number of aliphatic hydroxyl groups excluding tert-OH is 1. The van der Waals surface area contributed by atoms with Gasteiger partial charge in [0.15, 0.2) is 0 Å². The molecule has 96 valence electrons. The molecule has 1 heterocycles. The minimum Gasteiger partial charge on any atom is -0.392 e. The van der Waals surface area contributed by atoms with Gasteiger partial charge < -0.3 is 5.11 Å². The number of aliphatic hydroxyl groups is 1. The van der Waals surface area contributed by atoms with Crippen LogP contribution in [-0.4, -0.2) is 22.1 Å². The van der Waals surface area contributed by atoms with Crippen LogP contribution in [0.1, 0.15) is 36.4 Å². The molecule has 1 aliphatic rings.